The van der Waals surface area contributed by atoms with Crippen molar-refractivity contribution >= 4 is 11.9 Å². The Labute approximate surface area is 399 Å². The van der Waals surface area contributed by atoms with E-state index >= 15 is 0 Å². The van der Waals surface area contributed by atoms with Crippen molar-refractivity contribution in [1.29, 1.82) is 0 Å². The number of carbonyl (C=O) groups excluding carboxylic acids is 2. The Balaban J connectivity index is 3.44. The zero-order chi connectivity index (χ0) is 46.5. The fraction of sp³-hybridized carbons (Fsp3) is 0.897. The summed E-state index contributed by atoms with van der Waals surface area (Å²) in [5.74, 6) is -0.0535. The topological polar surface area (TPSA) is 95.9 Å². The van der Waals surface area contributed by atoms with Crippen LogP contribution in [0.1, 0.15) is 309 Å². The second-order valence-corrected chi connectivity index (χ2v) is 19.6. The Bertz CT molecular complexity index is 997. The van der Waals surface area contributed by atoms with Crippen LogP contribution in [-0.2, 0) is 14.3 Å². The maximum atomic E-state index is 12.5. The number of hydrogen-bond donors (Lipinski definition) is 3. The lowest BCUT2D eigenvalue weighted by atomic mass is 10.0. The summed E-state index contributed by atoms with van der Waals surface area (Å²) < 4.78 is 5.47. The van der Waals surface area contributed by atoms with E-state index in [1.165, 1.54) is 218 Å². The molecule has 3 N–H and O–H groups in total. The first-order valence-electron chi connectivity index (χ1n) is 28.6. The van der Waals surface area contributed by atoms with Crippen LogP contribution < -0.4 is 5.32 Å². The fourth-order valence-electron chi connectivity index (χ4n) is 8.81. The highest BCUT2D eigenvalue weighted by Gasteiger charge is 2.20. The number of esters is 1. The number of nitrogens with one attached hydrogen (secondary N) is 1. The Morgan fingerprint density at radius 3 is 1.11 bits per heavy atom. The molecule has 0 aromatic rings. The molecule has 0 rings (SSSR count). The first kappa shape index (κ1) is 62.3. The van der Waals surface area contributed by atoms with Crippen LogP contribution in [0.3, 0.4) is 0 Å². The molecule has 0 fully saturated rings. The molecule has 0 aromatic heterocycles. The van der Waals surface area contributed by atoms with E-state index < -0.39 is 12.1 Å². The van der Waals surface area contributed by atoms with Gasteiger partial charge in [-0.3, -0.25) is 9.59 Å². The first-order chi connectivity index (χ1) is 31.5. The standard InChI is InChI=1S/C58H111NO5/c1-3-5-7-9-11-13-15-17-23-28-32-36-40-44-48-52-58(63)64-53-49-45-41-37-33-29-25-22-20-19-21-24-27-31-35-39-43-47-51-57(62)59-55(54-60)56(61)50-46-42-38-34-30-26-18-16-14-12-10-8-6-4-2/h17,21,23-24,55-56,60-61H,3-16,18-20,22,25-54H2,1-2H3,(H,59,62)/b23-17-,24-21-. The number of carbonyl (C=O) groups is 2. The van der Waals surface area contributed by atoms with Crippen LogP contribution in [0.25, 0.3) is 0 Å². The molecule has 64 heavy (non-hydrogen) atoms. The second-order valence-electron chi connectivity index (χ2n) is 19.6. The van der Waals surface area contributed by atoms with Crippen molar-refractivity contribution in [2.75, 3.05) is 13.2 Å². The summed E-state index contributed by atoms with van der Waals surface area (Å²) in [6.45, 7) is 4.94. The van der Waals surface area contributed by atoms with Crippen molar-refractivity contribution in [2.24, 2.45) is 0 Å². The summed E-state index contributed by atoms with van der Waals surface area (Å²) in [6, 6.07) is -0.551. The predicted molar refractivity (Wildman–Crippen MR) is 278 cm³/mol. The Morgan fingerprint density at radius 1 is 0.422 bits per heavy atom. The molecule has 1 amide bonds. The van der Waals surface area contributed by atoms with E-state index in [0.29, 0.717) is 25.9 Å². The molecule has 6 nitrogen and oxygen atoms in total. The quantitative estimate of drug-likeness (QED) is 0.0321. The SMILES string of the molecule is CCCCCCCC/C=C\CCCCCCCC(=O)OCCCCCCCCCCC/C=C\CCCCCCCC(=O)NC(CO)C(O)CCCCCCCCCCCCCCCC. The summed E-state index contributed by atoms with van der Waals surface area (Å²) in [7, 11) is 0. The Hall–Kier alpha value is -1.66. The van der Waals surface area contributed by atoms with Gasteiger partial charge in [-0.25, -0.2) is 0 Å². The fourth-order valence-corrected chi connectivity index (χ4v) is 8.81. The minimum absolute atomic E-state index is 0.00483. The molecule has 0 saturated carbocycles. The average molecular weight is 903 g/mol. The second kappa shape index (κ2) is 54.0. The molecule has 0 aliphatic carbocycles. The maximum Gasteiger partial charge on any atom is 0.305 e. The Kier molecular flexibility index (Phi) is 52.6. The maximum absolute atomic E-state index is 12.5. The predicted octanol–water partition coefficient (Wildman–Crippen LogP) is 17.5. The van der Waals surface area contributed by atoms with E-state index in [2.05, 4.69) is 43.5 Å². The minimum Gasteiger partial charge on any atom is -0.466 e. The number of rotatable bonds is 53. The van der Waals surface area contributed by atoms with Gasteiger partial charge in [0.1, 0.15) is 0 Å². The van der Waals surface area contributed by atoms with E-state index in [1.54, 1.807) is 0 Å². The summed E-state index contributed by atoms with van der Waals surface area (Å²) >= 11 is 0. The first-order valence-corrected chi connectivity index (χ1v) is 28.6. The Morgan fingerprint density at radius 2 is 0.734 bits per heavy atom. The molecule has 0 aromatic carbocycles. The summed E-state index contributed by atoms with van der Waals surface area (Å²) in [4.78, 5) is 24.5. The van der Waals surface area contributed by atoms with E-state index in [-0.39, 0.29) is 18.5 Å². The largest absolute Gasteiger partial charge is 0.466 e. The van der Waals surface area contributed by atoms with Crippen molar-refractivity contribution in [3.8, 4) is 0 Å². The third-order valence-corrected chi connectivity index (χ3v) is 13.2. The number of unbranched alkanes of at least 4 members (excludes halogenated alkanes) is 38. The van der Waals surface area contributed by atoms with Gasteiger partial charge in [0.25, 0.3) is 0 Å². The monoisotopic (exact) mass is 902 g/mol. The van der Waals surface area contributed by atoms with E-state index in [0.717, 1.165) is 57.8 Å². The molecular weight excluding hydrogens is 791 g/mol. The number of amides is 1. The van der Waals surface area contributed by atoms with Gasteiger partial charge in [-0.05, 0) is 77.0 Å². The van der Waals surface area contributed by atoms with Crippen molar-refractivity contribution in [1.82, 2.24) is 5.32 Å². The minimum atomic E-state index is -0.672. The van der Waals surface area contributed by atoms with Gasteiger partial charge in [-0.15, -0.1) is 0 Å². The van der Waals surface area contributed by atoms with E-state index in [4.69, 9.17) is 4.74 Å². The zero-order valence-electron chi connectivity index (χ0n) is 43.0. The van der Waals surface area contributed by atoms with Crippen LogP contribution >= 0.6 is 0 Å². The molecule has 0 saturated heterocycles. The van der Waals surface area contributed by atoms with E-state index in [9.17, 15) is 19.8 Å². The van der Waals surface area contributed by atoms with Crippen LogP contribution in [0.2, 0.25) is 0 Å². The van der Waals surface area contributed by atoms with Crippen LogP contribution in [0.15, 0.2) is 24.3 Å². The molecule has 0 bridgehead atoms. The van der Waals surface area contributed by atoms with Crippen molar-refractivity contribution in [3.05, 3.63) is 24.3 Å². The number of ether oxygens (including phenoxy) is 1. The summed E-state index contributed by atoms with van der Waals surface area (Å²) in [5.41, 5.74) is 0. The highest BCUT2D eigenvalue weighted by molar-refractivity contribution is 5.76. The highest BCUT2D eigenvalue weighted by atomic mass is 16.5. The molecule has 6 heteroatoms. The lowest BCUT2D eigenvalue weighted by Gasteiger charge is -2.22. The average Bonchev–Trinajstić information content (AvgIpc) is 3.29. The molecule has 2 unspecified atom stereocenters. The summed E-state index contributed by atoms with van der Waals surface area (Å²) in [6.07, 6.45) is 64.5. The van der Waals surface area contributed by atoms with Crippen LogP contribution in [-0.4, -0.2) is 47.4 Å². The van der Waals surface area contributed by atoms with Crippen LogP contribution in [0.5, 0.6) is 0 Å². The smallest absolute Gasteiger partial charge is 0.305 e. The van der Waals surface area contributed by atoms with Crippen LogP contribution in [0, 0.1) is 0 Å². The normalized spacial score (nSPS) is 12.8. The van der Waals surface area contributed by atoms with Gasteiger partial charge in [0.05, 0.1) is 25.4 Å². The molecular formula is C58H111NO5. The molecule has 0 heterocycles. The van der Waals surface area contributed by atoms with Gasteiger partial charge >= 0.3 is 5.97 Å². The number of aliphatic hydroxyl groups excluding tert-OH is 2. The molecule has 0 aliphatic rings. The van der Waals surface area contributed by atoms with Crippen molar-refractivity contribution in [3.63, 3.8) is 0 Å². The van der Waals surface area contributed by atoms with Gasteiger partial charge in [0.15, 0.2) is 0 Å². The van der Waals surface area contributed by atoms with Crippen molar-refractivity contribution in [2.45, 2.75) is 321 Å². The third kappa shape index (κ3) is 49.8. The zero-order valence-corrected chi connectivity index (χ0v) is 43.0. The molecule has 378 valence electrons. The van der Waals surface area contributed by atoms with Crippen LogP contribution in [0.4, 0.5) is 0 Å². The van der Waals surface area contributed by atoms with Gasteiger partial charge in [-0.2, -0.15) is 0 Å². The van der Waals surface area contributed by atoms with Gasteiger partial charge in [0.2, 0.25) is 5.91 Å². The summed E-state index contributed by atoms with van der Waals surface area (Å²) in [5, 5.41) is 23.2. The number of aliphatic hydroxyl groups is 2. The van der Waals surface area contributed by atoms with Gasteiger partial charge in [-0.1, -0.05) is 244 Å². The molecule has 2 atom stereocenters. The molecule has 0 spiro atoms. The number of allylic oxidation sites excluding steroid dienone is 4. The lowest BCUT2D eigenvalue weighted by Crippen LogP contribution is -2.45. The van der Waals surface area contributed by atoms with Crippen molar-refractivity contribution < 1.29 is 24.5 Å². The molecule has 0 aliphatic heterocycles. The molecule has 0 radical (unpaired) electrons. The van der Waals surface area contributed by atoms with E-state index in [1.807, 2.05) is 0 Å². The highest BCUT2D eigenvalue weighted by Crippen LogP contribution is 2.17. The third-order valence-electron chi connectivity index (χ3n) is 13.2. The lowest BCUT2D eigenvalue weighted by molar-refractivity contribution is -0.143. The van der Waals surface area contributed by atoms with Gasteiger partial charge < -0.3 is 20.3 Å². The van der Waals surface area contributed by atoms with Gasteiger partial charge in [0, 0.05) is 12.8 Å². The number of hydrogen-bond acceptors (Lipinski definition) is 5.